The lowest BCUT2D eigenvalue weighted by atomic mass is 9.56. The minimum Gasteiger partial charge on any atom is -0.377 e. The van der Waals surface area contributed by atoms with Crippen LogP contribution in [0, 0.1) is 5.41 Å². The summed E-state index contributed by atoms with van der Waals surface area (Å²) < 4.78 is 6.09. The average Bonchev–Trinajstić information content (AvgIpc) is 3.02. The smallest absolute Gasteiger partial charge is 0.0736 e. The SMILES string of the molecule is CC(C)N1CCN(CCCN2CC3(CCC3)[C@@H]2[C@@H]2CCCO2)CC1. The second-order valence-electron chi connectivity index (χ2n) is 9.01. The summed E-state index contributed by atoms with van der Waals surface area (Å²) in [7, 11) is 0. The largest absolute Gasteiger partial charge is 0.377 e. The van der Waals surface area contributed by atoms with Gasteiger partial charge in [-0.1, -0.05) is 6.42 Å². The van der Waals surface area contributed by atoms with Crippen molar-refractivity contribution in [3.05, 3.63) is 0 Å². The Labute approximate surface area is 148 Å². The summed E-state index contributed by atoms with van der Waals surface area (Å²) in [6.07, 6.45) is 8.86. The van der Waals surface area contributed by atoms with Crippen LogP contribution < -0.4 is 0 Å². The lowest BCUT2D eigenvalue weighted by Gasteiger charge is -2.64. The number of likely N-dealkylation sites (tertiary alicyclic amines) is 1. The van der Waals surface area contributed by atoms with E-state index in [1.165, 1.54) is 84.3 Å². The molecule has 0 N–H and O–H groups in total. The third kappa shape index (κ3) is 3.27. The maximum atomic E-state index is 6.09. The van der Waals surface area contributed by atoms with Crippen LogP contribution in [0.25, 0.3) is 0 Å². The van der Waals surface area contributed by atoms with Gasteiger partial charge in [-0.25, -0.2) is 0 Å². The normalized spacial score (nSPS) is 34.6. The Balaban J connectivity index is 1.20. The van der Waals surface area contributed by atoms with E-state index in [1.54, 1.807) is 0 Å². The Bertz CT molecular complexity index is 409. The highest BCUT2D eigenvalue weighted by Gasteiger charge is 2.58. The summed E-state index contributed by atoms with van der Waals surface area (Å²) in [5.74, 6) is 0. The Kier molecular flexibility index (Phi) is 5.19. The van der Waals surface area contributed by atoms with Crippen molar-refractivity contribution in [1.29, 1.82) is 0 Å². The van der Waals surface area contributed by atoms with Gasteiger partial charge in [0.05, 0.1) is 6.10 Å². The first-order valence-corrected chi connectivity index (χ1v) is 10.5. The molecule has 0 amide bonds. The fourth-order valence-electron chi connectivity index (χ4n) is 5.66. The van der Waals surface area contributed by atoms with E-state index < -0.39 is 0 Å². The molecule has 2 atom stereocenters. The molecule has 1 saturated carbocycles. The molecule has 1 aliphatic carbocycles. The van der Waals surface area contributed by atoms with E-state index in [2.05, 4.69) is 28.5 Å². The van der Waals surface area contributed by atoms with Crippen LogP contribution in [0.4, 0.5) is 0 Å². The summed E-state index contributed by atoms with van der Waals surface area (Å²) in [5.41, 5.74) is 0.665. The highest BCUT2D eigenvalue weighted by atomic mass is 16.5. The lowest BCUT2D eigenvalue weighted by molar-refractivity contribution is -0.172. The van der Waals surface area contributed by atoms with Crippen LogP contribution in [0.15, 0.2) is 0 Å². The molecule has 4 heteroatoms. The third-order valence-electron chi connectivity index (χ3n) is 7.26. The molecular formula is C20H37N3O. The van der Waals surface area contributed by atoms with Crippen molar-refractivity contribution in [2.24, 2.45) is 5.41 Å². The highest BCUT2D eigenvalue weighted by Crippen LogP contribution is 2.55. The molecule has 4 nitrogen and oxygen atoms in total. The van der Waals surface area contributed by atoms with Gasteiger partial charge in [-0.15, -0.1) is 0 Å². The van der Waals surface area contributed by atoms with E-state index in [4.69, 9.17) is 4.74 Å². The van der Waals surface area contributed by atoms with Crippen molar-refractivity contribution < 1.29 is 4.74 Å². The number of rotatable bonds is 6. The predicted octanol–water partition coefficient (Wildman–Crippen LogP) is 2.44. The minimum absolute atomic E-state index is 0.550. The summed E-state index contributed by atoms with van der Waals surface area (Å²) >= 11 is 0. The Morgan fingerprint density at radius 2 is 1.83 bits per heavy atom. The molecular weight excluding hydrogens is 298 g/mol. The van der Waals surface area contributed by atoms with Crippen molar-refractivity contribution >= 4 is 0 Å². The monoisotopic (exact) mass is 335 g/mol. The van der Waals surface area contributed by atoms with Gasteiger partial charge in [-0.05, 0) is 59.0 Å². The summed E-state index contributed by atoms with van der Waals surface area (Å²) in [6.45, 7) is 14.6. The molecule has 3 heterocycles. The van der Waals surface area contributed by atoms with Gasteiger partial charge in [0.25, 0.3) is 0 Å². The first-order valence-electron chi connectivity index (χ1n) is 10.5. The van der Waals surface area contributed by atoms with Gasteiger partial charge >= 0.3 is 0 Å². The molecule has 4 aliphatic rings. The Morgan fingerprint density at radius 1 is 1.04 bits per heavy atom. The quantitative estimate of drug-likeness (QED) is 0.742. The molecule has 3 aliphatic heterocycles. The molecule has 4 fully saturated rings. The van der Waals surface area contributed by atoms with Crippen LogP contribution in [-0.2, 0) is 4.74 Å². The zero-order chi connectivity index (χ0) is 16.6. The minimum atomic E-state index is 0.550. The first-order chi connectivity index (χ1) is 11.7. The van der Waals surface area contributed by atoms with E-state index in [-0.39, 0.29) is 0 Å². The number of piperazine rings is 1. The molecule has 0 radical (unpaired) electrons. The van der Waals surface area contributed by atoms with Crippen LogP contribution in [0.3, 0.4) is 0 Å². The zero-order valence-corrected chi connectivity index (χ0v) is 15.9. The van der Waals surface area contributed by atoms with Crippen molar-refractivity contribution in [3.63, 3.8) is 0 Å². The molecule has 0 aromatic rings. The predicted molar refractivity (Wildman–Crippen MR) is 98.4 cm³/mol. The topological polar surface area (TPSA) is 19.0 Å². The standard InChI is InChI=1S/C20H37N3O/c1-17(2)22-13-11-21(12-14-22)9-5-10-23-16-20(7-4-8-20)19(23)18-6-3-15-24-18/h17-19H,3-16H2,1-2H3/t18-,19-/m0/s1. The Morgan fingerprint density at radius 3 is 2.42 bits per heavy atom. The van der Waals surface area contributed by atoms with E-state index in [1.807, 2.05) is 0 Å². The number of hydrogen-bond acceptors (Lipinski definition) is 4. The molecule has 0 aromatic carbocycles. The first kappa shape index (κ1) is 17.3. The summed E-state index contributed by atoms with van der Waals surface area (Å²) in [6, 6.07) is 1.46. The Hall–Kier alpha value is -0.160. The van der Waals surface area contributed by atoms with E-state index in [0.29, 0.717) is 17.6 Å². The molecule has 138 valence electrons. The summed E-state index contributed by atoms with van der Waals surface area (Å²) in [5, 5.41) is 0. The van der Waals surface area contributed by atoms with Crippen LogP contribution in [0.1, 0.15) is 52.4 Å². The van der Waals surface area contributed by atoms with Gasteiger partial charge in [0.1, 0.15) is 0 Å². The van der Waals surface area contributed by atoms with Crippen LogP contribution >= 0.6 is 0 Å². The maximum absolute atomic E-state index is 6.09. The average molecular weight is 336 g/mol. The van der Waals surface area contributed by atoms with Gasteiger partial charge < -0.3 is 9.64 Å². The lowest BCUT2D eigenvalue weighted by Crippen LogP contribution is -2.71. The van der Waals surface area contributed by atoms with Gasteiger partial charge in [-0.3, -0.25) is 9.80 Å². The fourth-order valence-corrected chi connectivity index (χ4v) is 5.66. The van der Waals surface area contributed by atoms with Gasteiger partial charge in [0.15, 0.2) is 0 Å². The van der Waals surface area contributed by atoms with Crippen molar-refractivity contribution in [2.75, 3.05) is 52.4 Å². The molecule has 3 saturated heterocycles. The van der Waals surface area contributed by atoms with Crippen molar-refractivity contribution in [2.45, 2.75) is 70.6 Å². The van der Waals surface area contributed by atoms with E-state index >= 15 is 0 Å². The number of ether oxygens (including phenoxy) is 1. The molecule has 1 spiro atoms. The van der Waals surface area contributed by atoms with Crippen LogP contribution in [0.2, 0.25) is 0 Å². The van der Waals surface area contributed by atoms with Crippen LogP contribution in [-0.4, -0.2) is 85.3 Å². The van der Waals surface area contributed by atoms with Crippen molar-refractivity contribution in [3.8, 4) is 0 Å². The summed E-state index contributed by atoms with van der Waals surface area (Å²) in [4.78, 5) is 8.07. The molecule has 24 heavy (non-hydrogen) atoms. The molecule has 0 aromatic heterocycles. The zero-order valence-electron chi connectivity index (χ0n) is 15.9. The molecule has 0 unspecified atom stereocenters. The second-order valence-corrected chi connectivity index (χ2v) is 9.01. The van der Waals surface area contributed by atoms with Crippen molar-refractivity contribution in [1.82, 2.24) is 14.7 Å². The third-order valence-corrected chi connectivity index (χ3v) is 7.26. The molecule has 4 rings (SSSR count). The van der Waals surface area contributed by atoms with E-state index in [0.717, 1.165) is 12.6 Å². The van der Waals surface area contributed by atoms with Gasteiger partial charge in [0, 0.05) is 56.8 Å². The highest BCUT2D eigenvalue weighted by molar-refractivity contribution is 5.11. The second kappa shape index (κ2) is 7.22. The van der Waals surface area contributed by atoms with Crippen LogP contribution in [0.5, 0.6) is 0 Å². The van der Waals surface area contributed by atoms with E-state index in [9.17, 15) is 0 Å². The number of nitrogens with zero attached hydrogens (tertiary/aromatic N) is 3. The molecule has 0 bridgehead atoms. The maximum Gasteiger partial charge on any atom is 0.0736 e. The number of hydrogen-bond donors (Lipinski definition) is 0. The van der Waals surface area contributed by atoms with Gasteiger partial charge in [-0.2, -0.15) is 0 Å². The fraction of sp³-hybridized carbons (Fsp3) is 1.00. The van der Waals surface area contributed by atoms with Gasteiger partial charge in [0.2, 0.25) is 0 Å².